The number of H-pyrrole nitrogens is 1. The average molecular weight is 411 g/mol. The average Bonchev–Trinajstić information content (AvgIpc) is 2.95. The van der Waals surface area contributed by atoms with Crippen molar-refractivity contribution in [1.29, 1.82) is 0 Å². The van der Waals surface area contributed by atoms with E-state index in [9.17, 15) is 27.9 Å². The van der Waals surface area contributed by atoms with Gasteiger partial charge in [0.15, 0.2) is 0 Å². The summed E-state index contributed by atoms with van der Waals surface area (Å²) in [4.78, 5) is 26.8. The van der Waals surface area contributed by atoms with Crippen molar-refractivity contribution in [2.24, 2.45) is 11.8 Å². The number of carbonyl (C=O) groups is 2. The fraction of sp³-hybridized carbons (Fsp3) is 0.500. The van der Waals surface area contributed by atoms with Crippen LogP contribution >= 0.6 is 0 Å². The number of amides is 1. The lowest BCUT2D eigenvalue weighted by Crippen LogP contribution is -2.44. The maximum absolute atomic E-state index is 12.5. The van der Waals surface area contributed by atoms with Crippen LogP contribution in [0.15, 0.2) is 18.2 Å². The lowest BCUT2D eigenvalue weighted by molar-refractivity contribution is -0.314. The SMILES string of the molecule is Cc1[nH]c2ccc(OC(F)(F)F)cc2c1CCNC(=O)C1CCCCC1C(=O)[O-]. The molecule has 1 saturated carbocycles. The molecule has 0 radical (unpaired) electrons. The summed E-state index contributed by atoms with van der Waals surface area (Å²) in [6.07, 6.45) is -1.89. The van der Waals surface area contributed by atoms with Gasteiger partial charge in [0.1, 0.15) is 5.75 Å². The maximum atomic E-state index is 12.5. The van der Waals surface area contributed by atoms with E-state index in [1.165, 1.54) is 18.2 Å². The van der Waals surface area contributed by atoms with Crippen molar-refractivity contribution in [1.82, 2.24) is 10.3 Å². The van der Waals surface area contributed by atoms with Gasteiger partial charge in [-0.1, -0.05) is 12.8 Å². The summed E-state index contributed by atoms with van der Waals surface area (Å²) in [7, 11) is 0. The van der Waals surface area contributed by atoms with Gasteiger partial charge in [0.25, 0.3) is 0 Å². The van der Waals surface area contributed by atoms with E-state index in [0.29, 0.717) is 30.2 Å². The largest absolute Gasteiger partial charge is 0.573 e. The summed E-state index contributed by atoms with van der Waals surface area (Å²) in [5.74, 6) is -3.22. The molecule has 29 heavy (non-hydrogen) atoms. The Morgan fingerprint density at radius 1 is 1.24 bits per heavy atom. The van der Waals surface area contributed by atoms with Crippen molar-refractivity contribution in [2.75, 3.05) is 6.54 Å². The molecule has 1 aliphatic carbocycles. The molecule has 2 unspecified atom stereocenters. The third-order valence-electron chi connectivity index (χ3n) is 5.40. The highest BCUT2D eigenvalue weighted by molar-refractivity contribution is 5.86. The third kappa shape index (κ3) is 5.02. The zero-order valence-corrected chi connectivity index (χ0v) is 15.9. The smallest absolute Gasteiger partial charge is 0.550 e. The first-order chi connectivity index (χ1) is 13.7. The van der Waals surface area contributed by atoms with Gasteiger partial charge in [0.2, 0.25) is 5.91 Å². The first-order valence-corrected chi connectivity index (χ1v) is 9.51. The van der Waals surface area contributed by atoms with E-state index >= 15 is 0 Å². The summed E-state index contributed by atoms with van der Waals surface area (Å²) >= 11 is 0. The van der Waals surface area contributed by atoms with E-state index < -0.39 is 24.2 Å². The van der Waals surface area contributed by atoms with Gasteiger partial charge in [-0.25, -0.2) is 0 Å². The molecule has 3 rings (SSSR count). The number of fused-ring (bicyclic) bond motifs is 1. The molecule has 0 bridgehead atoms. The van der Waals surface area contributed by atoms with Gasteiger partial charge in [-0.15, -0.1) is 13.2 Å². The molecule has 9 heteroatoms. The monoisotopic (exact) mass is 411 g/mol. The minimum absolute atomic E-state index is 0.243. The van der Waals surface area contributed by atoms with Crippen LogP contribution in [-0.4, -0.2) is 29.8 Å². The fourth-order valence-electron chi connectivity index (χ4n) is 4.05. The number of carbonyl (C=O) groups excluding carboxylic acids is 2. The summed E-state index contributed by atoms with van der Waals surface area (Å²) in [5, 5.41) is 14.6. The van der Waals surface area contributed by atoms with Crippen LogP contribution in [0.25, 0.3) is 10.9 Å². The Kier molecular flexibility index (Phi) is 6.04. The topological polar surface area (TPSA) is 94.2 Å². The lowest BCUT2D eigenvalue weighted by atomic mass is 9.78. The normalized spacial score (nSPS) is 19.9. The predicted octanol–water partition coefficient (Wildman–Crippen LogP) is 2.59. The molecule has 1 amide bonds. The summed E-state index contributed by atoms with van der Waals surface area (Å²) in [5.41, 5.74) is 2.22. The molecule has 1 aliphatic rings. The molecular formula is C20H22F3N2O4-. The van der Waals surface area contributed by atoms with Gasteiger partial charge in [-0.2, -0.15) is 0 Å². The highest BCUT2D eigenvalue weighted by Crippen LogP contribution is 2.31. The van der Waals surface area contributed by atoms with Crippen molar-refractivity contribution >= 4 is 22.8 Å². The van der Waals surface area contributed by atoms with Crippen LogP contribution in [0.3, 0.4) is 0 Å². The van der Waals surface area contributed by atoms with E-state index in [0.717, 1.165) is 24.1 Å². The molecule has 2 atom stereocenters. The summed E-state index contributed by atoms with van der Waals surface area (Å²) in [6.45, 7) is 2.04. The number of carboxylic acids is 1. The number of aromatic nitrogens is 1. The quantitative estimate of drug-likeness (QED) is 0.764. The zero-order valence-electron chi connectivity index (χ0n) is 15.9. The van der Waals surface area contributed by atoms with Crippen molar-refractivity contribution in [3.8, 4) is 5.75 Å². The molecule has 158 valence electrons. The number of ether oxygens (including phenoxy) is 1. The van der Waals surface area contributed by atoms with Crippen LogP contribution < -0.4 is 15.2 Å². The number of rotatable bonds is 6. The number of aryl methyl sites for hydroxylation is 1. The second-order valence-electron chi connectivity index (χ2n) is 7.34. The lowest BCUT2D eigenvalue weighted by Gasteiger charge is -2.31. The molecule has 0 saturated heterocycles. The van der Waals surface area contributed by atoms with Crippen molar-refractivity contribution in [3.05, 3.63) is 29.5 Å². The molecule has 1 aromatic carbocycles. The molecule has 6 nitrogen and oxygen atoms in total. The van der Waals surface area contributed by atoms with E-state index in [-0.39, 0.29) is 18.2 Å². The summed E-state index contributed by atoms with van der Waals surface area (Å²) < 4.78 is 41.4. The number of hydrogen-bond acceptors (Lipinski definition) is 4. The first-order valence-electron chi connectivity index (χ1n) is 9.51. The Hall–Kier alpha value is -2.71. The van der Waals surface area contributed by atoms with E-state index in [1.54, 1.807) is 6.92 Å². The zero-order chi connectivity index (χ0) is 21.2. The maximum Gasteiger partial charge on any atom is 0.573 e. The van der Waals surface area contributed by atoms with Crippen LogP contribution in [0, 0.1) is 18.8 Å². The molecule has 2 N–H and O–H groups in total. The number of carboxylic acid groups (broad SMARTS) is 1. The molecule has 2 aromatic rings. The Labute approximate surface area is 165 Å². The number of aromatic amines is 1. The van der Waals surface area contributed by atoms with Gasteiger partial charge < -0.3 is 24.9 Å². The van der Waals surface area contributed by atoms with E-state index in [4.69, 9.17) is 0 Å². The molecule has 1 aromatic heterocycles. The molecular weight excluding hydrogens is 389 g/mol. The number of halogens is 3. The predicted molar refractivity (Wildman–Crippen MR) is 96.9 cm³/mol. The minimum atomic E-state index is -4.78. The fourth-order valence-corrected chi connectivity index (χ4v) is 4.05. The van der Waals surface area contributed by atoms with Gasteiger partial charge >= 0.3 is 6.36 Å². The number of benzene rings is 1. The van der Waals surface area contributed by atoms with E-state index in [2.05, 4.69) is 15.0 Å². The van der Waals surface area contributed by atoms with Crippen molar-refractivity contribution in [3.63, 3.8) is 0 Å². The number of hydrogen-bond donors (Lipinski definition) is 2. The first kappa shape index (κ1) is 21.0. The summed E-state index contributed by atoms with van der Waals surface area (Å²) in [6, 6.07) is 4.06. The van der Waals surface area contributed by atoms with Gasteiger partial charge in [0, 0.05) is 40.9 Å². The molecule has 0 aliphatic heterocycles. The Morgan fingerprint density at radius 2 is 1.93 bits per heavy atom. The van der Waals surface area contributed by atoms with Crippen LogP contribution in [0.1, 0.15) is 36.9 Å². The highest BCUT2D eigenvalue weighted by Gasteiger charge is 2.32. The highest BCUT2D eigenvalue weighted by atomic mass is 19.4. The number of nitrogens with one attached hydrogen (secondary N) is 2. The molecule has 1 heterocycles. The van der Waals surface area contributed by atoms with Gasteiger partial charge in [0.05, 0.1) is 0 Å². The standard InChI is InChI=1S/C20H23F3N2O4/c1-11-13(16-10-12(29-20(21,22)23)6-7-17(16)25-11)8-9-24-18(26)14-4-2-3-5-15(14)19(27)28/h6-7,10,14-15,25H,2-5,8-9H2,1H3,(H,24,26)(H,27,28)/p-1. The van der Waals surface area contributed by atoms with Crippen LogP contribution in [0.4, 0.5) is 13.2 Å². The van der Waals surface area contributed by atoms with Crippen LogP contribution in [-0.2, 0) is 16.0 Å². The minimum Gasteiger partial charge on any atom is -0.550 e. The van der Waals surface area contributed by atoms with Gasteiger partial charge in [-0.3, -0.25) is 4.79 Å². The second kappa shape index (κ2) is 8.34. The number of aliphatic carboxylic acids is 1. The van der Waals surface area contributed by atoms with Crippen LogP contribution in [0.5, 0.6) is 5.75 Å². The number of alkyl halides is 3. The Balaban J connectivity index is 1.68. The van der Waals surface area contributed by atoms with Crippen molar-refractivity contribution in [2.45, 2.75) is 45.4 Å². The van der Waals surface area contributed by atoms with Crippen molar-refractivity contribution < 1.29 is 32.6 Å². The Morgan fingerprint density at radius 3 is 2.59 bits per heavy atom. The molecule has 1 fully saturated rings. The molecule has 0 spiro atoms. The van der Waals surface area contributed by atoms with Gasteiger partial charge in [-0.05, 0) is 49.9 Å². The Bertz CT molecular complexity index is 907. The van der Waals surface area contributed by atoms with Crippen LogP contribution in [0.2, 0.25) is 0 Å². The third-order valence-corrected chi connectivity index (χ3v) is 5.40. The van der Waals surface area contributed by atoms with E-state index in [1.807, 2.05) is 0 Å². The second-order valence-corrected chi connectivity index (χ2v) is 7.34.